The Hall–Kier alpha value is -3.69. The normalized spacial score (nSPS) is 12.6. The molecule has 140 valence electrons. The summed E-state index contributed by atoms with van der Waals surface area (Å²) in [5, 5.41) is 9.05. The zero-order valence-electron chi connectivity index (χ0n) is 14.4. The van der Waals surface area contributed by atoms with Gasteiger partial charge in [-0.25, -0.2) is 9.97 Å². The molecule has 0 saturated heterocycles. The molecule has 5 heterocycles. The van der Waals surface area contributed by atoms with Crippen LogP contribution in [0.1, 0.15) is 11.4 Å². The number of anilines is 2. The molecule has 0 aromatic carbocycles. The SMILES string of the molecule is Cc1[nH]nc(C(F)(F)F)c1-c1nc2c([nH]1)-c1ccncc1Nc1ncccc1-2. The fourth-order valence-corrected chi connectivity index (χ4v) is 3.34. The van der Waals surface area contributed by atoms with E-state index >= 15 is 0 Å². The van der Waals surface area contributed by atoms with Crippen LogP contribution in [0.4, 0.5) is 24.7 Å². The minimum absolute atomic E-state index is 0.0861. The van der Waals surface area contributed by atoms with Crippen LogP contribution in [0.15, 0.2) is 36.8 Å². The van der Waals surface area contributed by atoms with Gasteiger partial charge in [-0.2, -0.15) is 18.3 Å². The number of hydrogen-bond donors (Lipinski definition) is 3. The highest BCUT2D eigenvalue weighted by atomic mass is 19.4. The van der Waals surface area contributed by atoms with Gasteiger partial charge in [0.15, 0.2) is 5.69 Å². The molecular formula is C18H12F3N7. The number of rotatable bonds is 1. The molecule has 0 amide bonds. The summed E-state index contributed by atoms with van der Waals surface area (Å²) in [6, 6.07) is 5.32. The molecule has 4 aromatic heterocycles. The summed E-state index contributed by atoms with van der Waals surface area (Å²) >= 11 is 0. The summed E-state index contributed by atoms with van der Waals surface area (Å²) in [5.74, 6) is 0.636. The van der Waals surface area contributed by atoms with E-state index in [1.54, 1.807) is 30.7 Å². The van der Waals surface area contributed by atoms with Gasteiger partial charge in [0.25, 0.3) is 0 Å². The van der Waals surface area contributed by atoms with E-state index in [-0.39, 0.29) is 17.1 Å². The van der Waals surface area contributed by atoms with Crippen molar-refractivity contribution >= 4 is 11.5 Å². The van der Waals surface area contributed by atoms with Crippen LogP contribution in [0, 0.1) is 6.92 Å². The third kappa shape index (κ3) is 2.38. The van der Waals surface area contributed by atoms with E-state index in [4.69, 9.17) is 0 Å². The number of alkyl halides is 3. The zero-order valence-corrected chi connectivity index (χ0v) is 14.4. The molecule has 0 spiro atoms. The molecular weight excluding hydrogens is 371 g/mol. The average Bonchev–Trinajstić information content (AvgIpc) is 3.23. The van der Waals surface area contributed by atoms with Crippen molar-refractivity contribution in [1.82, 2.24) is 30.1 Å². The number of imidazole rings is 1. The van der Waals surface area contributed by atoms with Gasteiger partial charge in [0.05, 0.1) is 23.1 Å². The molecule has 28 heavy (non-hydrogen) atoms. The lowest BCUT2D eigenvalue weighted by Gasteiger charge is -2.08. The topological polar surface area (TPSA) is 95.2 Å². The van der Waals surface area contributed by atoms with Crippen LogP contribution >= 0.6 is 0 Å². The lowest BCUT2D eigenvalue weighted by atomic mass is 10.1. The number of fused-ring (bicyclic) bond motifs is 5. The van der Waals surface area contributed by atoms with Gasteiger partial charge in [0, 0.05) is 29.2 Å². The molecule has 0 atom stereocenters. The molecule has 0 saturated carbocycles. The molecule has 0 fully saturated rings. The van der Waals surface area contributed by atoms with Crippen LogP contribution in [0.2, 0.25) is 0 Å². The van der Waals surface area contributed by atoms with E-state index in [1.807, 2.05) is 6.07 Å². The summed E-state index contributed by atoms with van der Waals surface area (Å²) in [4.78, 5) is 16.0. The number of H-pyrrole nitrogens is 2. The van der Waals surface area contributed by atoms with Gasteiger partial charge in [0.1, 0.15) is 17.3 Å². The number of nitrogens with one attached hydrogen (secondary N) is 3. The third-order valence-electron chi connectivity index (χ3n) is 4.56. The molecule has 1 aliphatic heterocycles. The van der Waals surface area contributed by atoms with Crippen LogP contribution < -0.4 is 5.32 Å². The first kappa shape index (κ1) is 16.5. The van der Waals surface area contributed by atoms with Crippen LogP contribution in [0.5, 0.6) is 0 Å². The Morgan fingerprint density at radius 1 is 1.07 bits per heavy atom. The second-order valence-corrected chi connectivity index (χ2v) is 6.32. The van der Waals surface area contributed by atoms with Crippen molar-refractivity contribution in [3.63, 3.8) is 0 Å². The van der Waals surface area contributed by atoms with Crippen molar-refractivity contribution < 1.29 is 13.2 Å². The van der Waals surface area contributed by atoms with E-state index in [9.17, 15) is 13.2 Å². The second-order valence-electron chi connectivity index (χ2n) is 6.32. The van der Waals surface area contributed by atoms with Crippen LogP contribution in [-0.4, -0.2) is 30.1 Å². The number of aromatic amines is 2. The minimum Gasteiger partial charge on any atom is -0.338 e. The van der Waals surface area contributed by atoms with Crippen molar-refractivity contribution in [3.8, 4) is 33.9 Å². The Morgan fingerprint density at radius 2 is 1.93 bits per heavy atom. The summed E-state index contributed by atoms with van der Waals surface area (Å²) in [6.45, 7) is 1.53. The quantitative estimate of drug-likeness (QED) is 0.401. The smallest absolute Gasteiger partial charge is 0.338 e. The Morgan fingerprint density at radius 3 is 2.75 bits per heavy atom. The summed E-state index contributed by atoms with van der Waals surface area (Å²) in [6.07, 6.45) is 0.266. The van der Waals surface area contributed by atoms with Gasteiger partial charge in [-0.3, -0.25) is 10.1 Å². The zero-order chi connectivity index (χ0) is 19.5. The molecule has 0 unspecified atom stereocenters. The van der Waals surface area contributed by atoms with Gasteiger partial charge in [-0.05, 0) is 25.1 Å². The highest BCUT2D eigenvalue weighted by Crippen LogP contribution is 2.44. The lowest BCUT2D eigenvalue weighted by Crippen LogP contribution is -2.07. The Bertz CT molecular complexity index is 1140. The first-order valence-corrected chi connectivity index (χ1v) is 8.33. The minimum atomic E-state index is -4.60. The molecule has 0 aliphatic carbocycles. The standard InChI is InChI=1S/C18H12F3N7/c1-8-12(15(28-27-8)18(19,20)21)17-25-13-9-4-6-22-7-11(9)24-16-10(14(13)26-17)3-2-5-23-16/h2-7H,1H3,(H,23,24)(H,25,26)(H,27,28). The maximum Gasteiger partial charge on any atom is 0.435 e. The van der Waals surface area contributed by atoms with Gasteiger partial charge in [-0.15, -0.1) is 0 Å². The number of aromatic nitrogens is 6. The van der Waals surface area contributed by atoms with Crippen molar-refractivity contribution in [2.45, 2.75) is 13.1 Å². The lowest BCUT2D eigenvalue weighted by molar-refractivity contribution is -0.140. The molecule has 5 rings (SSSR count). The van der Waals surface area contributed by atoms with E-state index in [1.165, 1.54) is 6.92 Å². The van der Waals surface area contributed by atoms with Crippen LogP contribution in [0.3, 0.4) is 0 Å². The predicted octanol–water partition coefficient (Wildman–Crippen LogP) is 4.31. The highest BCUT2D eigenvalue weighted by Gasteiger charge is 2.39. The molecule has 10 heteroatoms. The number of pyridine rings is 2. The molecule has 0 bridgehead atoms. The van der Waals surface area contributed by atoms with Crippen molar-refractivity contribution in [3.05, 3.63) is 48.2 Å². The number of aryl methyl sites for hydroxylation is 1. The van der Waals surface area contributed by atoms with Crippen LogP contribution in [-0.2, 0) is 6.18 Å². The second kappa shape index (κ2) is 5.65. The highest BCUT2D eigenvalue weighted by molar-refractivity contribution is 5.95. The summed E-state index contributed by atoms with van der Waals surface area (Å²) < 4.78 is 40.3. The van der Waals surface area contributed by atoms with Gasteiger partial charge >= 0.3 is 6.18 Å². The molecule has 1 aliphatic rings. The average molecular weight is 383 g/mol. The fraction of sp³-hybridized carbons (Fsp3) is 0.111. The van der Waals surface area contributed by atoms with Gasteiger partial charge in [0.2, 0.25) is 0 Å². The van der Waals surface area contributed by atoms with E-state index < -0.39 is 11.9 Å². The van der Waals surface area contributed by atoms with E-state index in [0.717, 1.165) is 5.56 Å². The Labute approximate surface area is 156 Å². The maximum atomic E-state index is 13.4. The largest absolute Gasteiger partial charge is 0.435 e. The van der Waals surface area contributed by atoms with E-state index in [2.05, 4.69) is 35.5 Å². The maximum absolute atomic E-state index is 13.4. The van der Waals surface area contributed by atoms with Gasteiger partial charge in [-0.1, -0.05) is 0 Å². The summed E-state index contributed by atoms with van der Waals surface area (Å²) in [7, 11) is 0. The number of halogens is 3. The Kier molecular flexibility index (Phi) is 3.33. The Balaban J connectivity index is 1.81. The molecule has 4 aromatic rings. The van der Waals surface area contributed by atoms with Crippen molar-refractivity contribution in [1.29, 1.82) is 0 Å². The molecule has 3 N–H and O–H groups in total. The predicted molar refractivity (Wildman–Crippen MR) is 95.7 cm³/mol. The number of hydrogen-bond acceptors (Lipinski definition) is 5. The first-order chi connectivity index (χ1) is 13.4. The first-order valence-electron chi connectivity index (χ1n) is 8.33. The summed E-state index contributed by atoms with van der Waals surface area (Å²) in [5.41, 5.74) is 2.34. The number of nitrogens with zero attached hydrogens (tertiary/aromatic N) is 4. The molecule has 0 radical (unpaired) electrons. The fourth-order valence-electron chi connectivity index (χ4n) is 3.34. The van der Waals surface area contributed by atoms with Crippen molar-refractivity contribution in [2.24, 2.45) is 0 Å². The third-order valence-corrected chi connectivity index (χ3v) is 4.56. The van der Waals surface area contributed by atoms with Crippen molar-refractivity contribution in [2.75, 3.05) is 5.32 Å². The van der Waals surface area contributed by atoms with Gasteiger partial charge < -0.3 is 10.3 Å². The monoisotopic (exact) mass is 383 g/mol. The van der Waals surface area contributed by atoms with E-state index in [0.29, 0.717) is 28.5 Å². The van der Waals surface area contributed by atoms with Crippen LogP contribution in [0.25, 0.3) is 33.9 Å². The molecule has 7 nitrogen and oxygen atoms in total.